The summed E-state index contributed by atoms with van der Waals surface area (Å²) in [5, 5.41) is 6.81. The molecule has 2 atom stereocenters. The fraction of sp³-hybridized carbons (Fsp3) is 0.333. The van der Waals surface area contributed by atoms with E-state index in [-0.39, 0.29) is 17.9 Å². The van der Waals surface area contributed by atoms with Gasteiger partial charge in [0, 0.05) is 29.0 Å². The third-order valence-corrected chi connectivity index (χ3v) is 5.68. The van der Waals surface area contributed by atoms with E-state index in [4.69, 9.17) is 4.74 Å². The van der Waals surface area contributed by atoms with Gasteiger partial charge in [0.1, 0.15) is 0 Å². The number of amides is 1. The minimum atomic E-state index is -0.0794. The van der Waals surface area contributed by atoms with Gasteiger partial charge in [-0.3, -0.25) is 9.89 Å². The Morgan fingerprint density at radius 3 is 3.00 bits per heavy atom. The van der Waals surface area contributed by atoms with Gasteiger partial charge >= 0.3 is 0 Å². The minimum Gasteiger partial charge on any atom is -0.377 e. The molecule has 1 aromatic heterocycles. The standard InChI is InChI=1S/C18H19N3O2S/c22-18(14-8-17(24-12-14)15-9-19-20-10-15)21-6-7-23-11-16(21)13-4-2-1-3-5-13/h1-5,8-10,14,16H,6-7,11-12H2,(H,19,20). The highest BCUT2D eigenvalue weighted by Crippen LogP contribution is 2.38. The Balaban J connectivity index is 1.54. The lowest BCUT2D eigenvalue weighted by molar-refractivity contribution is -0.142. The number of hydrogen-bond acceptors (Lipinski definition) is 4. The number of nitrogens with one attached hydrogen (secondary N) is 1. The van der Waals surface area contributed by atoms with Crippen molar-refractivity contribution in [2.45, 2.75) is 6.04 Å². The largest absolute Gasteiger partial charge is 0.377 e. The second-order valence-electron chi connectivity index (χ2n) is 5.97. The molecular formula is C18H19N3O2S. The first-order valence-electron chi connectivity index (χ1n) is 8.10. The number of thioether (sulfide) groups is 1. The van der Waals surface area contributed by atoms with Crippen molar-refractivity contribution in [3.63, 3.8) is 0 Å². The molecule has 1 amide bonds. The monoisotopic (exact) mass is 341 g/mol. The molecule has 2 unspecified atom stereocenters. The first-order chi connectivity index (χ1) is 11.8. The number of aromatic amines is 1. The van der Waals surface area contributed by atoms with Crippen LogP contribution in [-0.2, 0) is 9.53 Å². The third-order valence-electron chi connectivity index (χ3n) is 4.47. The van der Waals surface area contributed by atoms with Crippen LogP contribution in [0.1, 0.15) is 17.2 Å². The number of nitrogens with zero attached hydrogens (tertiary/aromatic N) is 2. The Bertz CT molecular complexity index is 730. The molecule has 3 heterocycles. The number of rotatable bonds is 3. The summed E-state index contributed by atoms with van der Waals surface area (Å²) in [5.74, 6) is 0.903. The van der Waals surface area contributed by atoms with E-state index in [0.29, 0.717) is 19.8 Å². The van der Waals surface area contributed by atoms with Crippen molar-refractivity contribution in [2.75, 3.05) is 25.5 Å². The molecule has 0 aliphatic carbocycles. The fourth-order valence-corrected chi connectivity index (χ4v) is 4.33. The lowest BCUT2D eigenvalue weighted by Crippen LogP contribution is -2.45. The van der Waals surface area contributed by atoms with E-state index in [9.17, 15) is 4.79 Å². The van der Waals surface area contributed by atoms with E-state index in [1.54, 1.807) is 18.0 Å². The number of hydrogen-bond donors (Lipinski definition) is 1. The number of benzene rings is 1. The maximum Gasteiger partial charge on any atom is 0.231 e. The van der Waals surface area contributed by atoms with Gasteiger partial charge in [-0.2, -0.15) is 5.10 Å². The summed E-state index contributed by atoms with van der Waals surface area (Å²) >= 11 is 1.72. The molecule has 124 valence electrons. The summed E-state index contributed by atoms with van der Waals surface area (Å²) < 4.78 is 5.63. The highest BCUT2D eigenvalue weighted by Gasteiger charge is 2.34. The maximum absolute atomic E-state index is 13.1. The summed E-state index contributed by atoms with van der Waals surface area (Å²) in [6.45, 7) is 1.82. The molecule has 0 spiro atoms. The fourth-order valence-electron chi connectivity index (χ4n) is 3.20. The SMILES string of the molecule is O=C(C1C=C(c2cn[nH]c2)SC1)N1CCOCC1c1ccccc1. The molecule has 6 heteroatoms. The van der Waals surface area contributed by atoms with Crippen molar-refractivity contribution in [3.8, 4) is 0 Å². The number of carbonyl (C=O) groups excluding carboxylic acids is 1. The van der Waals surface area contributed by atoms with Gasteiger partial charge in [0.15, 0.2) is 0 Å². The summed E-state index contributed by atoms with van der Waals surface area (Å²) in [4.78, 5) is 16.2. The first kappa shape index (κ1) is 15.5. The zero-order valence-electron chi connectivity index (χ0n) is 13.2. The molecule has 4 rings (SSSR count). The van der Waals surface area contributed by atoms with Crippen molar-refractivity contribution in [1.82, 2.24) is 15.1 Å². The smallest absolute Gasteiger partial charge is 0.231 e. The summed E-state index contributed by atoms with van der Waals surface area (Å²) in [6, 6.07) is 10.1. The molecule has 1 saturated heterocycles. The predicted octanol–water partition coefficient (Wildman–Crippen LogP) is 2.71. The molecule has 0 bridgehead atoms. The Kier molecular flexibility index (Phi) is 4.40. The zero-order chi connectivity index (χ0) is 16.4. The third kappa shape index (κ3) is 2.99. The molecule has 1 fully saturated rings. The number of morpholine rings is 1. The Labute approximate surface area is 145 Å². The van der Waals surface area contributed by atoms with E-state index in [0.717, 1.165) is 21.8 Å². The van der Waals surface area contributed by atoms with Crippen LogP contribution in [0.15, 0.2) is 48.8 Å². The quantitative estimate of drug-likeness (QED) is 0.933. The second-order valence-corrected chi connectivity index (χ2v) is 7.03. The van der Waals surface area contributed by atoms with Crippen molar-refractivity contribution in [2.24, 2.45) is 5.92 Å². The van der Waals surface area contributed by atoms with E-state index >= 15 is 0 Å². The van der Waals surface area contributed by atoms with Crippen LogP contribution in [-0.4, -0.2) is 46.5 Å². The molecule has 1 aromatic carbocycles. The van der Waals surface area contributed by atoms with Gasteiger partial charge in [-0.05, 0) is 5.56 Å². The van der Waals surface area contributed by atoms with Gasteiger partial charge in [-0.15, -0.1) is 11.8 Å². The lowest BCUT2D eigenvalue weighted by atomic mass is 10.0. The van der Waals surface area contributed by atoms with Crippen LogP contribution in [0, 0.1) is 5.92 Å². The normalized spacial score (nSPS) is 24.0. The highest BCUT2D eigenvalue weighted by molar-refractivity contribution is 8.08. The van der Waals surface area contributed by atoms with Gasteiger partial charge < -0.3 is 9.64 Å². The highest BCUT2D eigenvalue weighted by atomic mass is 32.2. The van der Waals surface area contributed by atoms with Gasteiger partial charge in [0.05, 0.1) is 31.4 Å². The van der Waals surface area contributed by atoms with Crippen molar-refractivity contribution < 1.29 is 9.53 Å². The number of carbonyl (C=O) groups is 1. The van der Waals surface area contributed by atoms with E-state index in [2.05, 4.69) is 28.4 Å². The molecule has 24 heavy (non-hydrogen) atoms. The molecule has 0 radical (unpaired) electrons. The van der Waals surface area contributed by atoms with Gasteiger partial charge in [-0.25, -0.2) is 0 Å². The summed E-state index contributed by atoms with van der Waals surface area (Å²) in [7, 11) is 0. The van der Waals surface area contributed by atoms with E-state index in [1.165, 1.54) is 0 Å². The topological polar surface area (TPSA) is 58.2 Å². The maximum atomic E-state index is 13.1. The lowest BCUT2D eigenvalue weighted by Gasteiger charge is -2.37. The van der Waals surface area contributed by atoms with Crippen molar-refractivity contribution in [1.29, 1.82) is 0 Å². The van der Waals surface area contributed by atoms with Crippen LogP contribution in [0.4, 0.5) is 0 Å². The van der Waals surface area contributed by atoms with Crippen LogP contribution in [0.5, 0.6) is 0 Å². The van der Waals surface area contributed by atoms with E-state index in [1.807, 2.05) is 29.3 Å². The molecule has 0 saturated carbocycles. The first-order valence-corrected chi connectivity index (χ1v) is 9.08. The number of aromatic nitrogens is 2. The van der Waals surface area contributed by atoms with Gasteiger partial charge in [0.2, 0.25) is 5.91 Å². The molecule has 2 aliphatic rings. The predicted molar refractivity (Wildman–Crippen MR) is 94.2 cm³/mol. The average molecular weight is 341 g/mol. The number of ether oxygens (including phenoxy) is 1. The van der Waals surface area contributed by atoms with Gasteiger partial charge in [0.25, 0.3) is 0 Å². The summed E-state index contributed by atoms with van der Waals surface area (Å²) in [6.07, 6.45) is 5.75. The van der Waals surface area contributed by atoms with Gasteiger partial charge in [-0.1, -0.05) is 36.4 Å². The molecule has 5 nitrogen and oxygen atoms in total. The average Bonchev–Trinajstić information content (AvgIpc) is 3.33. The van der Waals surface area contributed by atoms with Crippen molar-refractivity contribution >= 4 is 22.6 Å². The Morgan fingerprint density at radius 2 is 2.21 bits per heavy atom. The second kappa shape index (κ2) is 6.83. The van der Waals surface area contributed by atoms with Crippen LogP contribution < -0.4 is 0 Å². The zero-order valence-corrected chi connectivity index (χ0v) is 14.0. The minimum absolute atomic E-state index is 0.00354. The Hall–Kier alpha value is -2.05. The molecule has 2 aliphatic heterocycles. The van der Waals surface area contributed by atoms with Crippen LogP contribution >= 0.6 is 11.8 Å². The summed E-state index contributed by atoms with van der Waals surface area (Å²) in [5.41, 5.74) is 2.19. The Morgan fingerprint density at radius 1 is 1.33 bits per heavy atom. The van der Waals surface area contributed by atoms with Crippen LogP contribution in [0.3, 0.4) is 0 Å². The van der Waals surface area contributed by atoms with Crippen molar-refractivity contribution in [3.05, 3.63) is 59.9 Å². The van der Waals surface area contributed by atoms with Crippen LogP contribution in [0.2, 0.25) is 0 Å². The number of H-pyrrole nitrogens is 1. The molecule has 1 N–H and O–H groups in total. The molecule has 2 aromatic rings. The van der Waals surface area contributed by atoms with Crippen LogP contribution in [0.25, 0.3) is 4.91 Å². The van der Waals surface area contributed by atoms with E-state index < -0.39 is 0 Å². The molecular weight excluding hydrogens is 322 g/mol.